The van der Waals surface area contributed by atoms with Crippen molar-refractivity contribution in [3.8, 4) is 0 Å². The number of alkyl halides is 1. The van der Waals surface area contributed by atoms with Crippen molar-refractivity contribution in [3.63, 3.8) is 0 Å². The SMILES string of the molecule is CC(C)CC(N)C(=O)NCCOC(=O)C(C)(C)Br. The Kier molecular flexibility index (Phi) is 7.47. The van der Waals surface area contributed by atoms with Crippen LogP contribution in [0, 0.1) is 5.92 Å². The number of carbonyl (C=O) groups is 2. The number of hydrogen-bond acceptors (Lipinski definition) is 4. The normalized spacial score (nSPS) is 13.3. The molecule has 0 aliphatic rings. The molecular formula is C12H23BrN2O3. The second kappa shape index (κ2) is 7.74. The molecule has 0 heterocycles. The van der Waals surface area contributed by atoms with Crippen LogP contribution in [0.15, 0.2) is 0 Å². The number of esters is 1. The van der Waals surface area contributed by atoms with Crippen molar-refractivity contribution < 1.29 is 14.3 Å². The van der Waals surface area contributed by atoms with Crippen LogP contribution in [0.2, 0.25) is 0 Å². The number of nitrogens with one attached hydrogen (secondary N) is 1. The molecule has 3 N–H and O–H groups in total. The van der Waals surface area contributed by atoms with Gasteiger partial charge in [0.05, 0.1) is 12.6 Å². The van der Waals surface area contributed by atoms with Crippen LogP contribution >= 0.6 is 15.9 Å². The average molecular weight is 323 g/mol. The Bertz CT molecular complexity index is 288. The smallest absolute Gasteiger partial charge is 0.322 e. The largest absolute Gasteiger partial charge is 0.463 e. The van der Waals surface area contributed by atoms with Crippen molar-refractivity contribution >= 4 is 27.8 Å². The summed E-state index contributed by atoms with van der Waals surface area (Å²) in [4.78, 5) is 22.9. The molecule has 0 aromatic rings. The second-order valence-corrected chi connectivity index (χ2v) is 7.12. The Hall–Kier alpha value is -0.620. The highest BCUT2D eigenvalue weighted by molar-refractivity contribution is 9.10. The van der Waals surface area contributed by atoms with Crippen LogP contribution in [0.25, 0.3) is 0 Å². The Morgan fingerprint density at radius 2 is 1.94 bits per heavy atom. The van der Waals surface area contributed by atoms with Gasteiger partial charge in [-0.05, 0) is 26.2 Å². The Morgan fingerprint density at radius 1 is 1.39 bits per heavy atom. The second-order valence-electron chi connectivity index (χ2n) is 5.14. The fourth-order valence-electron chi connectivity index (χ4n) is 1.24. The first-order chi connectivity index (χ1) is 8.14. The minimum absolute atomic E-state index is 0.147. The lowest BCUT2D eigenvalue weighted by Crippen LogP contribution is -2.43. The molecule has 0 spiro atoms. The molecule has 6 heteroatoms. The van der Waals surface area contributed by atoms with Gasteiger partial charge in [-0.25, -0.2) is 0 Å². The van der Waals surface area contributed by atoms with E-state index < -0.39 is 10.4 Å². The maximum Gasteiger partial charge on any atom is 0.322 e. The summed E-state index contributed by atoms with van der Waals surface area (Å²) in [5.74, 6) is -0.196. The van der Waals surface area contributed by atoms with Crippen molar-refractivity contribution in [2.45, 2.75) is 44.5 Å². The van der Waals surface area contributed by atoms with Crippen LogP contribution in [-0.2, 0) is 14.3 Å². The molecular weight excluding hydrogens is 300 g/mol. The number of rotatable bonds is 7. The lowest BCUT2D eigenvalue weighted by molar-refractivity contribution is -0.145. The number of ether oxygens (including phenoxy) is 1. The van der Waals surface area contributed by atoms with Gasteiger partial charge in [0.2, 0.25) is 5.91 Å². The van der Waals surface area contributed by atoms with Crippen molar-refractivity contribution in [2.24, 2.45) is 11.7 Å². The van der Waals surface area contributed by atoms with E-state index in [-0.39, 0.29) is 25.0 Å². The van der Waals surface area contributed by atoms with Crippen molar-refractivity contribution in [1.29, 1.82) is 0 Å². The molecule has 0 aromatic heterocycles. The van der Waals surface area contributed by atoms with E-state index in [4.69, 9.17) is 10.5 Å². The van der Waals surface area contributed by atoms with E-state index >= 15 is 0 Å². The number of carbonyl (C=O) groups excluding carboxylic acids is 2. The lowest BCUT2D eigenvalue weighted by atomic mass is 10.0. The van der Waals surface area contributed by atoms with E-state index in [0.717, 1.165) is 0 Å². The molecule has 1 atom stereocenters. The summed E-state index contributed by atoms with van der Waals surface area (Å²) in [6.45, 7) is 7.84. The molecule has 0 radical (unpaired) electrons. The summed E-state index contributed by atoms with van der Waals surface area (Å²) in [7, 11) is 0. The predicted octanol–water partition coefficient (Wildman–Crippen LogP) is 1.19. The third kappa shape index (κ3) is 7.66. The molecule has 1 unspecified atom stereocenters. The highest BCUT2D eigenvalue weighted by Crippen LogP contribution is 2.17. The van der Waals surface area contributed by atoms with Crippen molar-refractivity contribution in [3.05, 3.63) is 0 Å². The summed E-state index contributed by atoms with van der Waals surface area (Å²) in [6, 6.07) is -0.506. The van der Waals surface area contributed by atoms with Gasteiger partial charge in [-0.3, -0.25) is 9.59 Å². The molecule has 0 aromatic carbocycles. The molecule has 1 amide bonds. The topological polar surface area (TPSA) is 81.4 Å². The first-order valence-corrected chi connectivity index (χ1v) is 6.83. The first kappa shape index (κ1) is 17.4. The van der Waals surface area contributed by atoms with Gasteiger partial charge in [-0.1, -0.05) is 29.8 Å². The Labute approximate surface area is 117 Å². The third-order valence-electron chi connectivity index (χ3n) is 2.18. The molecule has 0 aliphatic carbocycles. The van der Waals surface area contributed by atoms with Gasteiger partial charge in [-0.15, -0.1) is 0 Å². The quantitative estimate of drug-likeness (QED) is 0.419. The number of amides is 1. The minimum Gasteiger partial charge on any atom is -0.463 e. The van der Waals surface area contributed by atoms with Gasteiger partial charge in [-0.2, -0.15) is 0 Å². The number of halogens is 1. The summed E-state index contributed by atoms with van der Waals surface area (Å²) in [6.07, 6.45) is 0.639. The van der Waals surface area contributed by atoms with Crippen LogP contribution in [0.1, 0.15) is 34.1 Å². The molecule has 0 fully saturated rings. The van der Waals surface area contributed by atoms with Gasteiger partial charge in [0.1, 0.15) is 10.9 Å². The molecule has 5 nitrogen and oxygen atoms in total. The monoisotopic (exact) mass is 322 g/mol. The van der Waals surface area contributed by atoms with E-state index in [0.29, 0.717) is 12.3 Å². The fraction of sp³-hybridized carbons (Fsp3) is 0.833. The van der Waals surface area contributed by atoms with Crippen LogP contribution in [0.5, 0.6) is 0 Å². The van der Waals surface area contributed by atoms with Gasteiger partial charge in [0.15, 0.2) is 0 Å². The van der Waals surface area contributed by atoms with Gasteiger partial charge in [0, 0.05) is 0 Å². The van der Waals surface area contributed by atoms with Crippen molar-refractivity contribution in [1.82, 2.24) is 5.32 Å². The fourth-order valence-corrected chi connectivity index (χ4v) is 1.35. The van der Waals surface area contributed by atoms with Crippen LogP contribution in [0.3, 0.4) is 0 Å². The molecule has 0 aliphatic heterocycles. The average Bonchev–Trinajstić information content (AvgIpc) is 2.21. The molecule has 0 saturated heterocycles. The summed E-state index contributed by atoms with van der Waals surface area (Å²) < 4.78 is 4.27. The van der Waals surface area contributed by atoms with E-state index in [2.05, 4.69) is 21.2 Å². The standard InChI is InChI=1S/C12H23BrN2O3/c1-8(2)7-9(14)10(16)15-5-6-18-11(17)12(3,4)13/h8-9H,5-7,14H2,1-4H3,(H,15,16). The maximum atomic E-state index is 11.5. The molecule has 0 rings (SSSR count). The van der Waals surface area contributed by atoms with E-state index in [1.807, 2.05) is 13.8 Å². The van der Waals surface area contributed by atoms with E-state index in [1.165, 1.54) is 0 Å². The molecule has 106 valence electrons. The number of hydrogen-bond donors (Lipinski definition) is 2. The first-order valence-electron chi connectivity index (χ1n) is 6.04. The van der Waals surface area contributed by atoms with Gasteiger partial charge < -0.3 is 15.8 Å². The predicted molar refractivity (Wildman–Crippen MR) is 74.4 cm³/mol. The summed E-state index contributed by atoms with van der Waals surface area (Å²) in [5, 5.41) is 2.64. The zero-order valence-electron chi connectivity index (χ0n) is 11.5. The molecule has 18 heavy (non-hydrogen) atoms. The van der Waals surface area contributed by atoms with Gasteiger partial charge in [0.25, 0.3) is 0 Å². The van der Waals surface area contributed by atoms with E-state index in [9.17, 15) is 9.59 Å². The zero-order chi connectivity index (χ0) is 14.3. The lowest BCUT2D eigenvalue weighted by Gasteiger charge is -2.16. The van der Waals surface area contributed by atoms with Gasteiger partial charge >= 0.3 is 5.97 Å². The summed E-state index contributed by atoms with van der Waals surface area (Å²) in [5.41, 5.74) is 5.70. The third-order valence-corrected chi connectivity index (χ3v) is 2.51. The van der Waals surface area contributed by atoms with Crippen LogP contribution in [0.4, 0.5) is 0 Å². The highest BCUT2D eigenvalue weighted by Gasteiger charge is 2.25. The Morgan fingerprint density at radius 3 is 2.39 bits per heavy atom. The number of nitrogens with two attached hydrogens (primary N) is 1. The van der Waals surface area contributed by atoms with Crippen LogP contribution < -0.4 is 11.1 Å². The molecule has 0 saturated carbocycles. The Balaban J connectivity index is 3.79. The van der Waals surface area contributed by atoms with E-state index in [1.54, 1.807) is 13.8 Å². The molecule has 0 bridgehead atoms. The zero-order valence-corrected chi connectivity index (χ0v) is 13.0. The highest BCUT2D eigenvalue weighted by atomic mass is 79.9. The maximum absolute atomic E-state index is 11.5. The summed E-state index contributed by atoms with van der Waals surface area (Å²) >= 11 is 3.19. The van der Waals surface area contributed by atoms with Crippen LogP contribution in [-0.4, -0.2) is 35.4 Å². The minimum atomic E-state index is -0.703. The van der Waals surface area contributed by atoms with Crippen molar-refractivity contribution in [2.75, 3.05) is 13.2 Å².